The summed E-state index contributed by atoms with van der Waals surface area (Å²) in [7, 11) is 3.87. The molecule has 2 aromatic rings. The number of carbonyl (C=O) groups is 1. The molecule has 1 aliphatic heterocycles. The lowest BCUT2D eigenvalue weighted by Gasteiger charge is -2.19. The van der Waals surface area contributed by atoms with E-state index in [0.29, 0.717) is 11.4 Å². The molecule has 1 N–H and O–H groups in total. The summed E-state index contributed by atoms with van der Waals surface area (Å²) in [4.78, 5) is 29.3. The highest BCUT2D eigenvalue weighted by Gasteiger charge is 2.18. The molecule has 1 amide bonds. The molecule has 1 saturated heterocycles. The number of nitrogens with one attached hydrogen (secondary N) is 1. The number of anilines is 1. The summed E-state index contributed by atoms with van der Waals surface area (Å²) in [6.45, 7) is 3.27. The summed E-state index contributed by atoms with van der Waals surface area (Å²) in [6, 6.07) is 3.79. The van der Waals surface area contributed by atoms with E-state index in [4.69, 9.17) is 0 Å². The van der Waals surface area contributed by atoms with Crippen molar-refractivity contribution < 1.29 is 4.79 Å². The molecule has 24 heavy (non-hydrogen) atoms. The minimum absolute atomic E-state index is 0.00559. The lowest BCUT2D eigenvalue weighted by Crippen LogP contribution is -2.34. The predicted molar refractivity (Wildman–Crippen MR) is 93.0 cm³/mol. The number of pyridine rings is 1. The molecular formula is C17H22N6O. The third kappa shape index (κ3) is 3.68. The second kappa shape index (κ2) is 7.35. The van der Waals surface area contributed by atoms with Crippen molar-refractivity contribution in [3.63, 3.8) is 0 Å². The first-order valence-corrected chi connectivity index (χ1v) is 8.11. The van der Waals surface area contributed by atoms with Gasteiger partial charge in [-0.2, -0.15) is 0 Å². The second-order valence-electron chi connectivity index (χ2n) is 5.99. The quantitative estimate of drug-likeness (QED) is 0.908. The van der Waals surface area contributed by atoms with E-state index in [1.807, 2.05) is 36.0 Å². The van der Waals surface area contributed by atoms with E-state index in [0.717, 1.165) is 44.0 Å². The number of rotatable bonds is 3. The Morgan fingerprint density at radius 3 is 2.71 bits per heavy atom. The van der Waals surface area contributed by atoms with Crippen LogP contribution in [0.15, 0.2) is 30.7 Å². The molecule has 1 fully saturated rings. The summed E-state index contributed by atoms with van der Waals surface area (Å²) in [5.74, 6) is 1.43. The van der Waals surface area contributed by atoms with Crippen molar-refractivity contribution >= 4 is 11.7 Å². The number of amides is 1. The molecule has 2 aromatic heterocycles. The van der Waals surface area contributed by atoms with Gasteiger partial charge in [-0.3, -0.25) is 4.79 Å². The maximum atomic E-state index is 12.5. The van der Waals surface area contributed by atoms with Crippen LogP contribution in [0.3, 0.4) is 0 Å². The van der Waals surface area contributed by atoms with Gasteiger partial charge < -0.3 is 15.1 Å². The van der Waals surface area contributed by atoms with Crippen molar-refractivity contribution in [3.8, 4) is 11.4 Å². The van der Waals surface area contributed by atoms with Gasteiger partial charge in [-0.05, 0) is 25.1 Å². The number of nitrogens with zero attached hydrogens (tertiary/aromatic N) is 5. The molecule has 0 saturated carbocycles. The van der Waals surface area contributed by atoms with E-state index in [1.54, 1.807) is 18.6 Å². The Morgan fingerprint density at radius 1 is 1.17 bits per heavy atom. The highest BCUT2D eigenvalue weighted by molar-refractivity contribution is 5.93. The standard InChI is InChI=1S/C17H22N6O/c1-22(2)15-10-13(4-6-19-15)16-20-11-14(12-21-16)17(24)23-8-3-5-18-7-9-23/h4,6,10-12,18H,3,5,7-9H2,1-2H3. The van der Waals surface area contributed by atoms with E-state index in [1.165, 1.54) is 0 Å². The number of carbonyl (C=O) groups excluding carboxylic acids is 1. The molecule has 0 aliphatic carbocycles. The van der Waals surface area contributed by atoms with Crippen LogP contribution in [0.4, 0.5) is 5.82 Å². The van der Waals surface area contributed by atoms with Crippen molar-refractivity contribution in [2.24, 2.45) is 0 Å². The number of hydrogen-bond donors (Lipinski definition) is 1. The average molecular weight is 326 g/mol. The maximum absolute atomic E-state index is 12.5. The zero-order valence-corrected chi connectivity index (χ0v) is 14.1. The molecule has 0 radical (unpaired) electrons. The number of aromatic nitrogens is 3. The van der Waals surface area contributed by atoms with Gasteiger partial charge in [-0.1, -0.05) is 0 Å². The minimum atomic E-state index is -0.00559. The Balaban J connectivity index is 1.77. The zero-order valence-electron chi connectivity index (χ0n) is 14.1. The van der Waals surface area contributed by atoms with Crippen molar-refractivity contribution in [2.45, 2.75) is 6.42 Å². The lowest BCUT2D eigenvalue weighted by molar-refractivity contribution is 0.0765. The van der Waals surface area contributed by atoms with Gasteiger partial charge in [-0.25, -0.2) is 15.0 Å². The van der Waals surface area contributed by atoms with Gasteiger partial charge in [-0.15, -0.1) is 0 Å². The Hall–Kier alpha value is -2.54. The van der Waals surface area contributed by atoms with Crippen LogP contribution < -0.4 is 10.2 Å². The molecule has 7 nitrogen and oxygen atoms in total. The Labute approximate surface area is 141 Å². The summed E-state index contributed by atoms with van der Waals surface area (Å²) in [6.07, 6.45) is 5.92. The Morgan fingerprint density at radius 2 is 1.96 bits per heavy atom. The van der Waals surface area contributed by atoms with E-state index in [9.17, 15) is 4.79 Å². The third-order valence-electron chi connectivity index (χ3n) is 3.99. The highest BCUT2D eigenvalue weighted by Crippen LogP contribution is 2.18. The first-order valence-electron chi connectivity index (χ1n) is 8.11. The van der Waals surface area contributed by atoms with Crippen LogP contribution in [0.1, 0.15) is 16.8 Å². The van der Waals surface area contributed by atoms with E-state index >= 15 is 0 Å². The molecular weight excluding hydrogens is 304 g/mol. The van der Waals surface area contributed by atoms with Gasteiger partial charge in [0.1, 0.15) is 5.82 Å². The molecule has 0 spiro atoms. The number of hydrogen-bond acceptors (Lipinski definition) is 6. The molecule has 0 bridgehead atoms. The molecule has 0 atom stereocenters. The van der Waals surface area contributed by atoms with Crippen LogP contribution in [-0.2, 0) is 0 Å². The van der Waals surface area contributed by atoms with E-state index in [-0.39, 0.29) is 5.91 Å². The smallest absolute Gasteiger partial charge is 0.257 e. The van der Waals surface area contributed by atoms with Gasteiger partial charge >= 0.3 is 0 Å². The normalized spacial score (nSPS) is 15.0. The van der Waals surface area contributed by atoms with E-state index < -0.39 is 0 Å². The summed E-state index contributed by atoms with van der Waals surface area (Å²) >= 11 is 0. The monoisotopic (exact) mass is 326 g/mol. The van der Waals surface area contributed by atoms with Crippen LogP contribution in [0, 0.1) is 0 Å². The summed E-state index contributed by atoms with van der Waals surface area (Å²) < 4.78 is 0. The Kier molecular flexibility index (Phi) is 5.00. The third-order valence-corrected chi connectivity index (χ3v) is 3.99. The summed E-state index contributed by atoms with van der Waals surface area (Å²) in [5, 5.41) is 3.29. The molecule has 3 heterocycles. The zero-order chi connectivity index (χ0) is 16.9. The average Bonchev–Trinajstić information content (AvgIpc) is 2.91. The molecule has 1 aliphatic rings. The summed E-state index contributed by atoms with van der Waals surface area (Å²) in [5.41, 5.74) is 1.41. The predicted octanol–water partition coefficient (Wildman–Crippen LogP) is 1.04. The molecule has 0 unspecified atom stereocenters. The fourth-order valence-electron chi connectivity index (χ4n) is 2.62. The van der Waals surface area contributed by atoms with Gasteiger partial charge in [0, 0.05) is 57.9 Å². The van der Waals surface area contributed by atoms with E-state index in [2.05, 4.69) is 20.3 Å². The largest absolute Gasteiger partial charge is 0.363 e. The lowest BCUT2D eigenvalue weighted by atomic mass is 10.2. The van der Waals surface area contributed by atoms with Crippen molar-refractivity contribution in [3.05, 3.63) is 36.3 Å². The molecule has 0 aromatic carbocycles. The highest BCUT2D eigenvalue weighted by atomic mass is 16.2. The first-order chi connectivity index (χ1) is 11.6. The van der Waals surface area contributed by atoms with Gasteiger partial charge in [0.05, 0.1) is 5.56 Å². The molecule has 3 rings (SSSR count). The maximum Gasteiger partial charge on any atom is 0.257 e. The van der Waals surface area contributed by atoms with Crippen molar-refractivity contribution in [1.82, 2.24) is 25.2 Å². The second-order valence-corrected chi connectivity index (χ2v) is 5.99. The van der Waals surface area contributed by atoms with Crippen LogP contribution in [0.2, 0.25) is 0 Å². The van der Waals surface area contributed by atoms with Crippen molar-refractivity contribution in [1.29, 1.82) is 0 Å². The fourth-order valence-corrected chi connectivity index (χ4v) is 2.62. The topological polar surface area (TPSA) is 74.2 Å². The fraction of sp³-hybridized carbons (Fsp3) is 0.412. The SMILES string of the molecule is CN(C)c1cc(-c2ncc(C(=O)N3CCCNCC3)cn2)ccn1. The molecule has 7 heteroatoms. The van der Waals surface area contributed by atoms with Crippen molar-refractivity contribution in [2.75, 3.05) is 45.2 Å². The first kappa shape index (κ1) is 16.3. The Bertz CT molecular complexity index is 692. The van der Waals surface area contributed by atoms with Gasteiger partial charge in [0.25, 0.3) is 5.91 Å². The van der Waals surface area contributed by atoms with Gasteiger partial charge in [0.15, 0.2) is 5.82 Å². The minimum Gasteiger partial charge on any atom is -0.363 e. The van der Waals surface area contributed by atoms with Crippen LogP contribution in [-0.4, -0.2) is 66.0 Å². The van der Waals surface area contributed by atoms with Gasteiger partial charge in [0.2, 0.25) is 0 Å². The molecule has 126 valence electrons. The van der Waals surface area contributed by atoms with Crippen LogP contribution in [0.5, 0.6) is 0 Å². The van der Waals surface area contributed by atoms with Crippen LogP contribution in [0.25, 0.3) is 11.4 Å². The van der Waals surface area contributed by atoms with Crippen LogP contribution >= 0.6 is 0 Å².